The van der Waals surface area contributed by atoms with E-state index in [1.807, 2.05) is 31.3 Å². The van der Waals surface area contributed by atoms with E-state index in [-0.39, 0.29) is 5.91 Å². The average molecular weight is 247 g/mol. The molecule has 2 rings (SSSR count). The number of anilines is 2. The fourth-order valence-electron chi connectivity index (χ4n) is 2.06. The Morgan fingerprint density at radius 2 is 1.94 bits per heavy atom. The van der Waals surface area contributed by atoms with Gasteiger partial charge in [0.2, 0.25) is 5.91 Å². The van der Waals surface area contributed by atoms with Crippen LogP contribution in [0.5, 0.6) is 0 Å². The van der Waals surface area contributed by atoms with Gasteiger partial charge in [0, 0.05) is 24.5 Å². The summed E-state index contributed by atoms with van der Waals surface area (Å²) in [5.41, 5.74) is 7.25. The summed E-state index contributed by atoms with van der Waals surface area (Å²) in [5.74, 6) is 0.133. The van der Waals surface area contributed by atoms with Crippen LogP contribution in [0.2, 0.25) is 0 Å². The molecule has 2 N–H and O–H groups in total. The standard InChI is InChI=1S/C14H21N3O/c1-3-17(13-8-9-13)10-14(18)16(2)12-6-4-11(15)5-7-12/h4-7,13H,3,8-10,15H2,1-2H3. The van der Waals surface area contributed by atoms with Gasteiger partial charge in [0.1, 0.15) is 0 Å². The predicted molar refractivity (Wildman–Crippen MR) is 74.5 cm³/mol. The summed E-state index contributed by atoms with van der Waals surface area (Å²) < 4.78 is 0. The van der Waals surface area contributed by atoms with Gasteiger partial charge in [0.15, 0.2) is 0 Å². The molecule has 0 spiro atoms. The Kier molecular flexibility index (Phi) is 3.87. The molecule has 1 amide bonds. The zero-order valence-electron chi connectivity index (χ0n) is 11.1. The van der Waals surface area contributed by atoms with Gasteiger partial charge in [-0.2, -0.15) is 0 Å². The van der Waals surface area contributed by atoms with Crippen molar-refractivity contribution in [3.8, 4) is 0 Å². The number of rotatable bonds is 5. The van der Waals surface area contributed by atoms with Gasteiger partial charge in [0.05, 0.1) is 6.54 Å². The quantitative estimate of drug-likeness (QED) is 0.806. The van der Waals surface area contributed by atoms with E-state index in [4.69, 9.17) is 5.73 Å². The van der Waals surface area contributed by atoms with Crippen LogP contribution in [0.15, 0.2) is 24.3 Å². The van der Waals surface area contributed by atoms with Gasteiger partial charge in [-0.05, 0) is 43.7 Å². The summed E-state index contributed by atoms with van der Waals surface area (Å²) in [6.07, 6.45) is 2.46. The van der Waals surface area contributed by atoms with Crippen molar-refractivity contribution >= 4 is 17.3 Å². The minimum Gasteiger partial charge on any atom is -0.399 e. The van der Waals surface area contributed by atoms with Crippen LogP contribution in [0, 0.1) is 0 Å². The molecule has 1 aliphatic carbocycles. The number of nitrogens with zero attached hydrogens (tertiary/aromatic N) is 2. The highest BCUT2D eigenvalue weighted by Crippen LogP contribution is 2.26. The molecular formula is C14H21N3O. The Balaban J connectivity index is 1.97. The second-order valence-electron chi connectivity index (χ2n) is 4.84. The molecule has 98 valence electrons. The molecule has 1 saturated carbocycles. The summed E-state index contributed by atoms with van der Waals surface area (Å²) in [6, 6.07) is 8.01. The molecule has 4 nitrogen and oxygen atoms in total. The topological polar surface area (TPSA) is 49.6 Å². The van der Waals surface area contributed by atoms with Crippen molar-refractivity contribution in [3.05, 3.63) is 24.3 Å². The molecule has 0 aromatic heterocycles. The van der Waals surface area contributed by atoms with E-state index in [1.165, 1.54) is 12.8 Å². The van der Waals surface area contributed by atoms with Gasteiger partial charge in [0.25, 0.3) is 0 Å². The SMILES string of the molecule is CCN(CC(=O)N(C)c1ccc(N)cc1)C1CC1. The Bertz CT molecular complexity index is 412. The van der Waals surface area contributed by atoms with E-state index in [0.29, 0.717) is 18.3 Å². The van der Waals surface area contributed by atoms with Crippen LogP contribution in [0.1, 0.15) is 19.8 Å². The lowest BCUT2D eigenvalue weighted by Crippen LogP contribution is -2.39. The van der Waals surface area contributed by atoms with Gasteiger partial charge < -0.3 is 10.6 Å². The lowest BCUT2D eigenvalue weighted by atomic mass is 10.2. The molecule has 0 bridgehead atoms. The summed E-state index contributed by atoms with van der Waals surface area (Å²) in [7, 11) is 1.81. The number of hydrogen-bond acceptors (Lipinski definition) is 3. The molecule has 0 saturated heterocycles. The van der Waals surface area contributed by atoms with Crippen LogP contribution in [-0.4, -0.2) is 37.0 Å². The monoisotopic (exact) mass is 247 g/mol. The van der Waals surface area contributed by atoms with E-state index in [1.54, 1.807) is 4.90 Å². The van der Waals surface area contributed by atoms with Gasteiger partial charge in [-0.1, -0.05) is 6.92 Å². The lowest BCUT2D eigenvalue weighted by Gasteiger charge is -2.23. The molecule has 18 heavy (non-hydrogen) atoms. The van der Waals surface area contributed by atoms with Crippen molar-refractivity contribution in [3.63, 3.8) is 0 Å². The molecular weight excluding hydrogens is 226 g/mol. The number of amides is 1. The summed E-state index contributed by atoms with van der Waals surface area (Å²) in [4.78, 5) is 16.1. The molecule has 1 fully saturated rings. The maximum atomic E-state index is 12.2. The van der Waals surface area contributed by atoms with Gasteiger partial charge >= 0.3 is 0 Å². The highest BCUT2D eigenvalue weighted by atomic mass is 16.2. The van der Waals surface area contributed by atoms with Crippen LogP contribution in [0.25, 0.3) is 0 Å². The normalized spacial score (nSPS) is 14.8. The smallest absolute Gasteiger partial charge is 0.240 e. The third-order valence-electron chi connectivity index (χ3n) is 3.46. The summed E-state index contributed by atoms with van der Waals surface area (Å²) in [6.45, 7) is 3.54. The molecule has 0 aliphatic heterocycles. The third-order valence-corrected chi connectivity index (χ3v) is 3.46. The Labute approximate surface area is 108 Å². The largest absolute Gasteiger partial charge is 0.399 e. The molecule has 0 atom stereocenters. The minimum absolute atomic E-state index is 0.133. The highest BCUT2D eigenvalue weighted by Gasteiger charge is 2.29. The van der Waals surface area contributed by atoms with E-state index in [9.17, 15) is 4.79 Å². The predicted octanol–water partition coefficient (Wildman–Crippen LogP) is 1.72. The first-order chi connectivity index (χ1) is 8.61. The number of benzene rings is 1. The fourth-order valence-corrected chi connectivity index (χ4v) is 2.06. The Hall–Kier alpha value is -1.55. The molecule has 0 radical (unpaired) electrons. The number of carbonyl (C=O) groups is 1. The first kappa shape index (κ1) is 12.9. The Morgan fingerprint density at radius 3 is 2.44 bits per heavy atom. The highest BCUT2D eigenvalue weighted by molar-refractivity contribution is 5.94. The van der Waals surface area contributed by atoms with Crippen molar-refractivity contribution in [1.29, 1.82) is 0 Å². The first-order valence-electron chi connectivity index (χ1n) is 6.48. The zero-order chi connectivity index (χ0) is 13.1. The van der Waals surface area contributed by atoms with Crippen molar-refractivity contribution in [2.45, 2.75) is 25.8 Å². The first-order valence-corrected chi connectivity index (χ1v) is 6.48. The van der Waals surface area contributed by atoms with Gasteiger partial charge in [-0.3, -0.25) is 9.69 Å². The lowest BCUT2D eigenvalue weighted by molar-refractivity contribution is -0.119. The third kappa shape index (κ3) is 3.01. The fraction of sp³-hybridized carbons (Fsp3) is 0.500. The number of hydrogen-bond donors (Lipinski definition) is 1. The van der Waals surface area contributed by atoms with Crippen molar-refractivity contribution in [1.82, 2.24) is 4.90 Å². The summed E-state index contributed by atoms with van der Waals surface area (Å²) >= 11 is 0. The summed E-state index contributed by atoms with van der Waals surface area (Å²) in [5, 5.41) is 0. The van der Waals surface area contributed by atoms with E-state index < -0.39 is 0 Å². The number of carbonyl (C=O) groups excluding carboxylic acids is 1. The minimum atomic E-state index is 0.133. The second kappa shape index (κ2) is 5.40. The molecule has 1 aromatic rings. The van der Waals surface area contributed by atoms with E-state index >= 15 is 0 Å². The maximum absolute atomic E-state index is 12.2. The van der Waals surface area contributed by atoms with Crippen molar-refractivity contribution < 1.29 is 4.79 Å². The number of nitrogen functional groups attached to an aromatic ring is 1. The molecule has 1 aliphatic rings. The van der Waals surface area contributed by atoms with Gasteiger partial charge in [-0.25, -0.2) is 0 Å². The molecule has 4 heteroatoms. The van der Waals surface area contributed by atoms with Crippen LogP contribution < -0.4 is 10.6 Å². The average Bonchev–Trinajstić information content (AvgIpc) is 3.20. The van der Waals surface area contributed by atoms with Crippen LogP contribution >= 0.6 is 0 Å². The van der Waals surface area contributed by atoms with E-state index in [2.05, 4.69) is 11.8 Å². The van der Waals surface area contributed by atoms with Crippen LogP contribution in [-0.2, 0) is 4.79 Å². The van der Waals surface area contributed by atoms with Crippen LogP contribution in [0.3, 0.4) is 0 Å². The second-order valence-corrected chi connectivity index (χ2v) is 4.84. The van der Waals surface area contributed by atoms with Crippen LogP contribution in [0.4, 0.5) is 11.4 Å². The van der Waals surface area contributed by atoms with Crippen molar-refractivity contribution in [2.75, 3.05) is 30.8 Å². The molecule has 0 unspecified atom stereocenters. The van der Waals surface area contributed by atoms with Crippen molar-refractivity contribution in [2.24, 2.45) is 0 Å². The number of nitrogens with two attached hydrogens (primary N) is 1. The van der Waals surface area contributed by atoms with E-state index in [0.717, 1.165) is 12.2 Å². The van der Waals surface area contributed by atoms with Gasteiger partial charge in [-0.15, -0.1) is 0 Å². The Morgan fingerprint density at radius 1 is 1.33 bits per heavy atom. The molecule has 0 heterocycles. The number of likely N-dealkylation sites (N-methyl/N-ethyl adjacent to an activating group) is 2. The molecule has 1 aromatic carbocycles. The maximum Gasteiger partial charge on any atom is 0.240 e. The zero-order valence-corrected chi connectivity index (χ0v) is 11.1.